The topological polar surface area (TPSA) is 64.3 Å². The highest BCUT2D eigenvalue weighted by Gasteiger charge is 2.27. The number of nitrogen functional groups attached to an aromatic ring is 1. The van der Waals surface area contributed by atoms with Gasteiger partial charge in [0.1, 0.15) is 11.3 Å². The number of allylic oxidation sites excluding steroid dienone is 1. The van der Waals surface area contributed by atoms with E-state index in [2.05, 4.69) is 11.9 Å². The maximum Gasteiger partial charge on any atom is 0.257 e. The van der Waals surface area contributed by atoms with Crippen LogP contribution in [0.1, 0.15) is 17.3 Å². The summed E-state index contributed by atoms with van der Waals surface area (Å²) in [5.74, 6) is -8.63. The van der Waals surface area contributed by atoms with Crippen molar-refractivity contribution in [3.8, 4) is 0 Å². The number of hydrogen-bond donors (Lipinski definition) is 2. The molecule has 0 aliphatic heterocycles. The van der Waals surface area contributed by atoms with Gasteiger partial charge in [-0.05, 0) is 6.92 Å². The van der Waals surface area contributed by atoms with Crippen molar-refractivity contribution in [2.24, 2.45) is 0 Å². The van der Waals surface area contributed by atoms with Crippen molar-refractivity contribution >= 4 is 23.6 Å². The number of carbonyl (C=O) groups excluding carboxylic acids is 1. The Bertz CT molecular complexity index is 552. The van der Waals surface area contributed by atoms with Gasteiger partial charge in [-0.15, -0.1) is 0 Å². The molecule has 0 radical (unpaired) electrons. The second-order valence-electron chi connectivity index (χ2n) is 3.91. The molecule has 1 aromatic carbocycles. The van der Waals surface area contributed by atoms with Crippen molar-refractivity contribution < 1.29 is 26.5 Å². The summed E-state index contributed by atoms with van der Waals surface area (Å²) < 4.78 is 58.3. The molecule has 1 aromatic rings. The quantitative estimate of drug-likeness (QED) is 0.278. The second-order valence-corrected chi connectivity index (χ2v) is 5.01. The number of anilines is 1. The van der Waals surface area contributed by atoms with E-state index in [1.807, 2.05) is 0 Å². The van der Waals surface area contributed by atoms with Crippen molar-refractivity contribution in [3.63, 3.8) is 0 Å². The van der Waals surface area contributed by atoms with Gasteiger partial charge in [-0.25, -0.2) is 17.6 Å². The lowest BCUT2D eigenvalue weighted by Gasteiger charge is -2.10. The summed E-state index contributed by atoms with van der Waals surface area (Å²) in [7, 11) is 0. The molecule has 21 heavy (non-hydrogen) atoms. The monoisotopic (exact) mass is 324 g/mol. The van der Waals surface area contributed by atoms with Gasteiger partial charge in [0.05, 0.1) is 6.61 Å². The van der Waals surface area contributed by atoms with Crippen molar-refractivity contribution in [2.75, 3.05) is 18.9 Å². The number of nitrogens with two attached hydrogens (primary N) is 1. The summed E-state index contributed by atoms with van der Waals surface area (Å²) in [6.07, 6.45) is 0. The van der Waals surface area contributed by atoms with Crippen molar-refractivity contribution in [3.05, 3.63) is 40.3 Å². The Morgan fingerprint density at radius 1 is 1.24 bits per heavy atom. The first-order chi connectivity index (χ1) is 9.77. The zero-order valence-corrected chi connectivity index (χ0v) is 11.8. The Kier molecular flexibility index (Phi) is 6.03. The zero-order valence-electron chi connectivity index (χ0n) is 10.9. The van der Waals surface area contributed by atoms with Gasteiger partial charge in [0, 0.05) is 23.5 Å². The molecule has 0 saturated carbocycles. The van der Waals surface area contributed by atoms with Gasteiger partial charge in [0.15, 0.2) is 23.3 Å². The van der Waals surface area contributed by atoms with Crippen LogP contribution in [0.25, 0.3) is 0 Å². The maximum atomic E-state index is 13.5. The van der Waals surface area contributed by atoms with Crippen LogP contribution in [-0.4, -0.2) is 19.1 Å². The van der Waals surface area contributed by atoms with Crippen molar-refractivity contribution in [1.82, 2.24) is 5.32 Å². The zero-order chi connectivity index (χ0) is 16.2. The minimum Gasteiger partial charge on any atom is -0.394 e. The molecule has 0 fully saturated rings. The number of carbonyl (C=O) groups is 1. The third-order valence-electron chi connectivity index (χ3n) is 2.20. The molecule has 3 N–H and O–H groups in total. The van der Waals surface area contributed by atoms with Crippen molar-refractivity contribution in [2.45, 2.75) is 6.92 Å². The van der Waals surface area contributed by atoms with E-state index in [0.717, 1.165) is 12.0 Å². The summed E-state index contributed by atoms with van der Waals surface area (Å²) >= 11 is 0.961. The molecule has 0 heterocycles. The van der Waals surface area contributed by atoms with Crippen molar-refractivity contribution in [1.29, 1.82) is 0 Å². The van der Waals surface area contributed by atoms with Gasteiger partial charge in [-0.2, -0.15) is 0 Å². The van der Waals surface area contributed by atoms with E-state index in [-0.39, 0.29) is 13.2 Å². The van der Waals surface area contributed by atoms with Crippen LogP contribution >= 0.6 is 12.0 Å². The molecular formula is C12H12F4N2O2S. The molecule has 0 unspecified atom stereocenters. The van der Waals surface area contributed by atoms with Crippen LogP contribution in [0.15, 0.2) is 11.5 Å². The fourth-order valence-corrected chi connectivity index (χ4v) is 1.65. The first-order valence-corrected chi connectivity index (χ1v) is 6.36. The average Bonchev–Trinajstić information content (AvgIpc) is 2.42. The Hall–Kier alpha value is -1.74. The highest BCUT2D eigenvalue weighted by atomic mass is 32.2. The smallest absolute Gasteiger partial charge is 0.257 e. The summed E-state index contributed by atoms with van der Waals surface area (Å²) in [5.41, 5.74) is 2.14. The number of amides is 1. The van der Waals surface area contributed by atoms with E-state index < -0.39 is 40.4 Å². The molecule has 0 saturated heterocycles. The minimum absolute atomic E-state index is 0.00639. The van der Waals surface area contributed by atoms with E-state index in [9.17, 15) is 22.4 Å². The summed E-state index contributed by atoms with van der Waals surface area (Å²) in [6, 6.07) is 0. The molecule has 0 atom stereocenters. The summed E-state index contributed by atoms with van der Waals surface area (Å²) in [6.45, 7) is 5.12. The van der Waals surface area contributed by atoms with E-state index in [1.165, 1.54) is 0 Å². The number of rotatable bonds is 6. The first-order valence-electron chi connectivity index (χ1n) is 5.62. The van der Waals surface area contributed by atoms with E-state index in [4.69, 9.17) is 9.92 Å². The normalized spacial score (nSPS) is 10.5. The Morgan fingerprint density at radius 2 is 1.76 bits per heavy atom. The summed E-state index contributed by atoms with van der Waals surface area (Å²) in [5, 5.41) is 2.07. The average molecular weight is 324 g/mol. The summed E-state index contributed by atoms with van der Waals surface area (Å²) in [4.78, 5) is 12.2. The highest BCUT2D eigenvalue weighted by Crippen LogP contribution is 2.25. The lowest BCUT2D eigenvalue weighted by Crippen LogP contribution is -2.29. The standard InChI is InChI=1S/C12H12F4N2O2S/c1-5(2)21-20-4-3-18-12(19)6-7(13)9(15)11(17)10(16)8(6)14/h1,3-4,17H2,2H3,(H,18,19). The number of hydrogen-bond acceptors (Lipinski definition) is 4. The molecule has 0 spiro atoms. The molecule has 0 aliphatic carbocycles. The third kappa shape index (κ3) is 4.11. The van der Waals surface area contributed by atoms with Crippen LogP contribution in [0.4, 0.5) is 23.2 Å². The highest BCUT2D eigenvalue weighted by molar-refractivity contribution is 7.98. The predicted molar refractivity (Wildman–Crippen MR) is 71.4 cm³/mol. The van der Waals surface area contributed by atoms with Gasteiger partial charge >= 0.3 is 0 Å². The van der Waals surface area contributed by atoms with Crippen LogP contribution in [0, 0.1) is 23.3 Å². The molecule has 116 valence electrons. The molecular weight excluding hydrogens is 312 g/mol. The van der Waals surface area contributed by atoms with Gasteiger partial charge in [-0.3, -0.25) is 4.79 Å². The van der Waals surface area contributed by atoms with Gasteiger partial charge in [-0.1, -0.05) is 6.58 Å². The molecule has 0 aliphatic rings. The maximum absolute atomic E-state index is 13.5. The van der Waals surface area contributed by atoms with Crippen LogP contribution in [-0.2, 0) is 4.18 Å². The van der Waals surface area contributed by atoms with E-state index >= 15 is 0 Å². The lowest BCUT2D eigenvalue weighted by atomic mass is 10.1. The van der Waals surface area contributed by atoms with Crippen LogP contribution in [0.2, 0.25) is 0 Å². The fraction of sp³-hybridized carbons (Fsp3) is 0.250. The van der Waals surface area contributed by atoms with Crippen LogP contribution in [0.5, 0.6) is 0 Å². The minimum atomic E-state index is -1.85. The Morgan fingerprint density at radius 3 is 2.24 bits per heavy atom. The molecule has 1 rings (SSSR count). The number of benzene rings is 1. The molecule has 4 nitrogen and oxygen atoms in total. The molecule has 1 amide bonds. The SMILES string of the molecule is C=C(C)SOCCNC(=O)c1c(F)c(F)c(N)c(F)c1F. The van der Waals surface area contributed by atoms with E-state index in [1.54, 1.807) is 6.92 Å². The Balaban J connectivity index is 2.77. The third-order valence-corrected chi connectivity index (χ3v) is 2.77. The fourth-order valence-electron chi connectivity index (χ4n) is 1.28. The lowest BCUT2D eigenvalue weighted by molar-refractivity contribution is 0.0937. The van der Waals surface area contributed by atoms with Crippen LogP contribution in [0.3, 0.4) is 0 Å². The number of nitrogens with one attached hydrogen (secondary N) is 1. The Labute approximate surface area is 122 Å². The largest absolute Gasteiger partial charge is 0.394 e. The molecule has 0 bridgehead atoms. The van der Waals surface area contributed by atoms with Gasteiger partial charge < -0.3 is 15.2 Å². The van der Waals surface area contributed by atoms with Gasteiger partial charge in [0.25, 0.3) is 5.91 Å². The van der Waals surface area contributed by atoms with Gasteiger partial charge in [0.2, 0.25) is 0 Å². The number of halogens is 4. The first kappa shape index (κ1) is 17.3. The second kappa shape index (κ2) is 7.32. The molecule has 9 heteroatoms. The van der Waals surface area contributed by atoms with Crippen LogP contribution < -0.4 is 11.1 Å². The van der Waals surface area contributed by atoms with E-state index in [0.29, 0.717) is 4.91 Å². The molecule has 0 aromatic heterocycles. The predicted octanol–water partition coefficient (Wildman–Crippen LogP) is 2.75.